The highest BCUT2D eigenvalue weighted by molar-refractivity contribution is 5.83. The monoisotopic (exact) mass is 252 g/mol. The van der Waals surface area contributed by atoms with E-state index in [1.54, 1.807) is 0 Å². The van der Waals surface area contributed by atoms with Crippen molar-refractivity contribution in [2.24, 2.45) is 5.41 Å². The second-order valence-corrected chi connectivity index (χ2v) is 6.05. The predicted octanol–water partition coefficient (Wildman–Crippen LogP) is 2.56. The summed E-state index contributed by atoms with van der Waals surface area (Å²) < 4.78 is 0. The maximum Gasteiger partial charge on any atom is 0.229 e. The summed E-state index contributed by atoms with van der Waals surface area (Å²) in [7, 11) is 1.99. The van der Waals surface area contributed by atoms with Crippen molar-refractivity contribution in [1.29, 1.82) is 0 Å². The van der Waals surface area contributed by atoms with Gasteiger partial charge in [-0.25, -0.2) is 0 Å². The van der Waals surface area contributed by atoms with Gasteiger partial charge in [-0.05, 0) is 45.6 Å². The largest absolute Gasteiger partial charge is 0.338 e. The highest BCUT2D eigenvalue weighted by atomic mass is 16.2. The molecule has 1 saturated heterocycles. The van der Waals surface area contributed by atoms with Crippen LogP contribution in [0.1, 0.15) is 58.3 Å². The van der Waals surface area contributed by atoms with Crippen molar-refractivity contribution >= 4 is 5.91 Å². The first-order valence-electron chi connectivity index (χ1n) is 7.69. The molecule has 1 unspecified atom stereocenters. The molecule has 1 aliphatic heterocycles. The number of hydrogen-bond donors (Lipinski definition) is 1. The van der Waals surface area contributed by atoms with Crippen molar-refractivity contribution in [2.75, 3.05) is 20.1 Å². The first kappa shape index (κ1) is 13.9. The minimum absolute atomic E-state index is 0.0106. The van der Waals surface area contributed by atoms with Crippen LogP contribution in [0, 0.1) is 5.41 Å². The van der Waals surface area contributed by atoms with E-state index in [1.165, 1.54) is 32.1 Å². The van der Waals surface area contributed by atoms with Gasteiger partial charge in [-0.15, -0.1) is 0 Å². The standard InChI is InChI=1S/C15H28N2O/c1-3-15(9-5-6-10-15)14(18)17-11-7-4-8-13(17)12-16-2/h13,16H,3-12H2,1-2H3. The van der Waals surface area contributed by atoms with Crippen molar-refractivity contribution in [3.63, 3.8) is 0 Å². The Labute approximate surface area is 111 Å². The maximum absolute atomic E-state index is 12.9. The number of piperidine rings is 1. The van der Waals surface area contributed by atoms with Gasteiger partial charge < -0.3 is 10.2 Å². The molecule has 18 heavy (non-hydrogen) atoms. The lowest BCUT2D eigenvalue weighted by Gasteiger charge is -2.41. The van der Waals surface area contributed by atoms with Gasteiger partial charge in [0.25, 0.3) is 0 Å². The first-order chi connectivity index (χ1) is 8.73. The van der Waals surface area contributed by atoms with Crippen molar-refractivity contribution in [3.8, 4) is 0 Å². The highest BCUT2D eigenvalue weighted by Gasteiger charge is 2.43. The molecule has 1 N–H and O–H groups in total. The average Bonchev–Trinajstić information content (AvgIpc) is 2.89. The Morgan fingerprint density at radius 2 is 2.00 bits per heavy atom. The van der Waals surface area contributed by atoms with Gasteiger partial charge in [0.15, 0.2) is 0 Å². The summed E-state index contributed by atoms with van der Waals surface area (Å²) in [5.74, 6) is 0.461. The summed E-state index contributed by atoms with van der Waals surface area (Å²) in [6.07, 6.45) is 9.37. The second-order valence-electron chi connectivity index (χ2n) is 6.05. The molecule has 0 bridgehead atoms. The summed E-state index contributed by atoms with van der Waals surface area (Å²) in [4.78, 5) is 15.1. The van der Waals surface area contributed by atoms with Gasteiger partial charge in [-0.2, -0.15) is 0 Å². The number of rotatable bonds is 4. The van der Waals surface area contributed by atoms with Gasteiger partial charge in [0, 0.05) is 24.5 Å². The third-order valence-electron chi connectivity index (χ3n) is 5.02. The molecule has 0 aromatic carbocycles. The lowest BCUT2D eigenvalue weighted by Crippen LogP contribution is -2.52. The molecule has 0 aromatic heterocycles. The molecular formula is C15H28N2O. The van der Waals surface area contributed by atoms with Crippen LogP contribution in [0.4, 0.5) is 0 Å². The van der Waals surface area contributed by atoms with E-state index in [-0.39, 0.29) is 5.41 Å². The topological polar surface area (TPSA) is 32.3 Å². The molecule has 1 saturated carbocycles. The third-order valence-corrected chi connectivity index (χ3v) is 5.02. The molecule has 0 aromatic rings. The number of likely N-dealkylation sites (tertiary alicyclic amines) is 1. The van der Waals surface area contributed by atoms with E-state index in [1.807, 2.05) is 7.05 Å². The van der Waals surface area contributed by atoms with Crippen LogP contribution in [0.2, 0.25) is 0 Å². The third kappa shape index (κ3) is 2.56. The summed E-state index contributed by atoms with van der Waals surface area (Å²) in [5.41, 5.74) is -0.0106. The Morgan fingerprint density at radius 3 is 2.61 bits per heavy atom. The van der Waals surface area contributed by atoms with E-state index in [0.29, 0.717) is 11.9 Å². The van der Waals surface area contributed by atoms with Crippen LogP contribution >= 0.6 is 0 Å². The maximum atomic E-state index is 12.9. The number of amides is 1. The van der Waals surface area contributed by atoms with Crippen LogP contribution in [0.3, 0.4) is 0 Å². The summed E-state index contributed by atoms with van der Waals surface area (Å²) in [5, 5.41) is 3.25. The van der Waals surface area contributed by atoms with E-state index in [4.69, 9.17) is 0 Å². The fraction of sp³-hybridized carbons (Fsp3) is 0.933. The van der Waals surface area contributed by atoms with E-state index in [2.05, 4.69) is 17.1 Å². The predicted molar refractivity (Wildman–Crippen MR) is 74.5 cm³/mol. The van der Waals surface area contributed by atoms with Gasteiger partial charge in [0.05, 0.1) is 0 Å². The fourth-order valence-corrected chi connectivity index (χ4v) is 3.79. The first-order valence-corrected chi connectivity index (χ1v) is 7.69. The Hall–Kier alpha value is -0.570. The molecule has 0 radical (unpaired) electrons. The fourth-order valence-electron chi connectivity index (χ4n) is 3.79. The van der Waals surface area contributed by atoms with E-state index >= 15 is 0 Å². The zero-order chi connectivity index (χ0) is 13.0. The van der Waals surface area contributed by atoms with Gasteiger partial charge in [-0.1, -0.05) is 19.8 Å². The number of likely N-dealkylation sites (N-methyl/N-ethyl adjacent to an activating group) is 1. The zero-order valence-electron chi connectivity index (χ0n) is 12.0. The molecular weight excluding hydrogens is 224 g/mol. The van der Waals surface area contributed by atoms with Crippen LogP contribution in [0.25, 0.3) is 0 Å². The average molecular weight is 252 g/mol. The molecule has 104 valence electrons. The minimum Gasteiger partial charge on any atom is -0.338 e. The van der Waals surface area contributed by atoms with Crippen LogP contribution in [-0.4, -0.2) is 37.0 Å². The van der Waals surface area contributed by atoms with Crippen LogP contribution in [-0.2, 0) is 4.79 Å². The van der Waals surface area contributed by atoms with Crippen molar-refractivity contribution < 1.29 is 4.79 Å². The molecule has 3 nitrogen and oxygen atoms in total. The number of nitrogens with one attached hydrogen (secondary N) is 1. The highest BCUT2D eigenvalue weighted by Crippen LogP contribution is 2.43. The van der Waals surface area contributed by atoms with E-state index in [9.17, 15) is 4.79 Å². The van der Waals surface area contributed by atoms with Gasteiger partial charge in [0.2, 0.25) is 5.91 Å². The molecule has 1 amide bonds. The van der Waals surface area contributed by atoms with Gasteiger partial charge in [-0.3, -0.25) is 4.79 Å². The quantitative estimate of drug-likeness (QED) is 0.834. The van der Waals surface area contributed by atoms with Crippen molar-refractivity contribution in [3.05, 3.63) is 0 Å². The number of carbonyl (C=O) groups is 1. The second kappa shape index (κ2) is 6.05. The number of carbonyl (C=O) groups excluding carboxylic acids is 1. The summed E-state index contributed by atoms with van der Waals surface area (Å²) in [6, 6.07) is 0.431. The lowest BCUT2D eigenvalue weighted by atomic mass is 9.80. The van der Waals surface area contributed by atoms with Crippen LogP contribution in [0.15, 0.2) is 0 Å². The van der Waals surface area contributed by atoms with Gasteiger partial charge >= 0.3 is 0 Å². The molecule has 2 rings (SSSR count). The summed E-state index contributed by atoms with van der Waals surface area (Å²) >= 11 is 0. The van der Waals surface area contributed by atoms with Crippen LogP contribution in [0.5, 0.6) is 0 Å². The molecule has 2 fully saturated rings. The Morgan fingerprint density at radius 1 is 1.28 bits per heavy atom. The minimum atomic E-state index is -0.0106. The van der Waals surface area contributed by atoms with Crippen molar-refractivity contribution in [2.45, 2.75) is 64.3 Å². The van der Waals surface area contributed by atoms with E-state index in [0.717, 1.165) is 32.4 Å². The SMILES string of the molecule is CCC1(C(=O)N2CCCCC2CNC)CCCC1. The smallest absolute Gasteiger partial charge is 0.229 e. The molecule has 0 spiro atoms. The molecule has 3 heteroatoms. The Kier molecular flexibility index (Phi) is 4.66. The molecule has 2 aliphatic rings. The molecule has 1 heterocycles. The van der Waals surface area contributed by atoms with Crippen molar-refractivity contribution in [1.82, 2.24) is 10.2 Å². The Bertz CT molecular complexity index is 282. The number of hydrogen-bond acceptors (Lipinski definition) is 2. The molecule has 1 aliphatic carbocycles. The number of nitrogens with zero attached hydrogens (tertiary/aromatic N) is 1. The zero-order valence-corrected chi connectivity index (χ0v) is 12.0. The Balaban J connectivity index is 2.09. The molecule has 1 atom stereocenters. The van der Waals surface area contributed by atoms with Crippen LogP contribution < -0.4 is 5.32 Å². The van der Waals surface area contributed by atoms with E-state index < -0.39 is 0 Å². The summed E-state index contributed by atoms with van der Waals surface area (Å²) in [6.45, 7) is 4.12. The lowest BCUT2D eigenvalue weighted by molar-refractivity contribution is -0.146. The van der Waals surface area contributed by atoms with Gasteiger partial charge in [0.1, 0.15) is 0 Å². The normalized spacial score (nSPS) is 27.4.